The molecule has 0 amide bonds. The fourth-order valence-electron chi connectivity index (χ4n) is 1.34. The Morgan fingerprint density at radius 3 is 2.41 bits per heavy atom. The van der Waals surface area contributed by atoms with Crippen LogP contribution in [0.3, 0.4) is 0 Å². The number of aromatic hydroxyl groups is 1. The van der Waals surface area contributed by atoms with E-state index in [9.17, 15) is 9.90 Å². The van der Waals surface area contributed by atoms with Gasteiger partial charge in [-0.3, -0.25) is 0 Å². The van der Waals surface area contributed by atoms with Gasteiger partial charge in [0, 0.05) is 6.92 Å². The minimum Gasteiger partial charge on any atom is -0.506 e. The molecule has 0 spiro atoms. The Bertz CT molecular complexity index is 541. The maximum absolute atomic E-state index is 11.4. The largest absolute Gasteiger partial charge is 0.506 e. The Hall–Kier alpha value is -0.640. The zero-order valence-corrected chi connectivity index (χ0v) is 13.0. The molecule has 1 heterocycles. The maximum Gasteiger partial charge on any atom is 0.363 e. The molecule has 0 saturated heterocycles. The van der Waals surface area contributed by atoms with Crippen LogP contribution >= 0.6 is 45.2 Å². The molecule has 0 aliphatic carbocycles. The van der Waals surface area contributed by atoms with Crippen molar-refractivity contribution in [3.8, 4) is 5.75 Å². The minimum atomic E-state index is -0.444. The van der Waals surface area contributed by atoms with Crippen LogP contribution < -0.4 is 0 Å². The van der Waals surface area contributed by atoms with E-state index in [0.29, 0.717) is 5.90 Å². The number of cyclic esters (lactones) is 1. The molecule has 88 valence electrons. The Morgan fingerprint density at radius 2 is 1.94 bits per heavy atom. The van der Waals surface area contributed by atoms with Crippen LogP contribution in [0.25, 0.3) is 6.08 Å². The summed E-state index contributed by atoms with van der Waals surface area (Å²) < 4.78 is 6.28. The lowest BCUT2D eigenvalue weighted by atomic mass is 10.2. The zero-order valence-electron chi connectivity index (χ0n) is 8.70. The van der Waals surface area contributed by atoms with E-state index in [1.54, 1.807) is 25.1 Å². The van der Waals surface area contributed by atoms with E-state index in [1.807, 2.05) is 45.2 Å². The Kier molecular flexibility index (Phi) is 3.71. The second kappa shape index (κ2) is 4.92. The van der Waals surface area contributed by atoms with Gasteiger partial charge in [0.1, 0.15) is 5.75 Å². The van der Waals surface area contributed by atoms with Crippen LogP contribution in [0.15, 0.2) is 22.8 Å². The number of rotatable bonds is 1. The third-order valence-corrected chi connectivity index (χ3v) is 3.71. The van der Waals surface area contributed by atoms with Gasteiger partial charge in [0.15, 0.2) is 11.6 Å². The SMILES string of the molecule is CC1=N/C(=C/c2cc(I)c(O)c(I)c2)C(=O)O1. The third kappa shape index (κ3) is 2.79. The van der Waals surface area contributed by atoms with Crippen molar-refractivity contribution >= 4 is 63.1 Å². The average Bonchev–Trinajstić information content (AvgIpc) is 2.54. The van der Waals surface area contributed by atoms with Crippen LogP contribution in [0.4, 0.5) is 0 Å². The smallest absolute Gasteiger partial charge is 0.363 e. The van der Waals surface area contributed by atoms with Gasteiger partial charge in [0.2, 0.25) is 0 Å². The topological polar surface area (TPSA) is 58.9 Å². The molecule has 1 aliphatic heterocycles. The van der Waals surface area contributed by atoms with Crippen molar-refractivity contribution in [2.24, 2.45) is 4.99 Å². The van der Waals surface area contributed by atoms with E-state index in [1.165, 1.54) is 0 Å². The molecule has 1 aromatic rings. The van der Waals surface area contributed by atoms with Gasteiger partial charge in [-0.15, -0.1) is 0 Å². The second-order valence-electron chi connectivity index (χ2n) is 3.38. The first kappa shape index (κ1) is 12.8. The van der Waals surface area contributed by atoms with Crippen molar-refractivity contribution in [2.75, 3.05) is 0 Å². The van der Waals surface area contributed by atoms with Crippen LogP contribution in [0.1, 0.15) is 12.5 Å². The van der Waals surface area contributed by atoms with E-state index in [4.69, 9.17) is 4.74 Å². The molecule has 2 rings (SSSR count). The Morgan fingerprint density at radius 1 is 1.35 bits per heavy atom. The number of halogens is 2. The maximum atomic E-state index is 11.4. The average molecular weight is 455 g/mol. The van der Waals surface area contributed by atoms with Crippen molar-refractivity contribution < 1.29 is 14.6 Å². The van der Waals surface area contributed by atoms with Crippen LogP contribution in [-0.2, 0) is 9.53 Å². The van der Waals surface area contributed by atoms with Crippen molar-refractivity contribution in [1.82, 2.24) is 0 Å². The lowest BCUT2D eigenvalue weighted by Gasteiger charge is -2.02. The molecule has 0 bridgehead atoms. The van der Waals surface area contributed by atoms with E-state index in [2.05, 4.69) is 4.99 Å². The number of nitrogens with zero attached hydrogens (tertiary/aromatic N) is 1. The minimum absolute atomic E-state index is 0.252. The van der Waals surface area contributed by atoms with Gasteiger partial charge in [-0.2, -0.15) is 0 Å². The first-order chi connectivity index (χ1) is 7.97. The van der Waals surface area contributed by atoms with E-state index in [0.717, 1.165) is 12.7 Å². The summed E-state index contributed by atoms with van der Waals surface area (Å²) in [5.41, 5.74) is 1.08. The fraction of sp³-hybridized carbons (Fsp3) is 0.0909. The predicted molar refractivity (Wildman–Crippen MR) is 80.7 cm³/mol. The van der Waals surface area contributed by atoms with E-state index >= 15 is 0 Å². The number of esters is 1. The summed E-state index contributed by atoms with van der Waals surface area (Å²) in [4.78, 5) is 15.4. The van der Waals surface area contributed by atoms with E-state index < -0.39 is 5.97 Å². The molecule has 0 fully saturated rings. The summed E-state index contributed by atoms with van der Waals surface area (Å²) in [5, 5.41) is 9.63. The zero-order chi connectivity index (χ0) is 12.6. The van der Waals surface area contributed by atoms with Gasteiger partial charge in [-0.1, -0.05) is 0 Å². The molecule has 0 unspecified atom stereocenters. The number of hydrogen-bond donors (Lipinski definition) is 1. The number of ether oxygens (including phenoxy) is 1. The van der Waals surface area contributed by atoms with Crippen molar-refractivity contribution in [3.05, 3.63) is 30.5 Å². The number of benzene rings is 1. The van der Waals surface area contributed by atoms with Gasteiger partial charge in [0.05, 0.1) is 7.14 Å². The Balaban J connectivity index is 2.43. The van der Waals surface area contributed by atoms with Crippen LogP contribution in [0.2, 0.25) is 0 Å². The summed E-state index contributed by atoms with van der Waals surface area (Å²) in [6.45, 7) is 1.63. The normalized spacial score (nSPS) is 17.2. The number of aliphatic imine (C=N–C) groups is 1. The van der Waals surface area contributed by atoms with E-state index in [-0.39, 0.29) is 11.4 Å². The summed E-state index contributed by atoms with van der Waals surface area (Å²) in [6, 6.07) is 3.56. The first-order valence-corrected chi connectivity index (χ1v) is 6.80. The summed E-state index contributed by atoms with van der Waals surface area (Å²) in [6.07, 6.45) is 1.64. The van der Waals surface area contributed by atoms with Crippen LogP contribution in [-0.4, -0.2) is 17.0 Å². The van der Waals surface area contributed by atoms with Gasteiger partial charge in [-0.05, 0) is 69.0 Å². The summed E-state index contributed by atoms with van der Waals surface area (Å²) >= 11 is 4.07. The third-order valence-electron chi connectivity index (χ3n) is 2.07. The van der Waals surface area contributed by atoms with Crippen molar-refractivity contribution in [3.63, 3.8) is 0 Å². The van der Waals surface area contributed by atoms with Crippen molar-refractivity contribution in [1.29, 1.82) is 0 Å². The van der Waals surface area contributed by atoms with Gasteiger partial charge < -0.3 is 9.84 Å². The van der Waals surface area contributed by atoms with Crippen LogP contribution in [0, 0.1) is 7.14 Å². The molecule has 0 saturated carbocycles. The standard InChI is InChI=1S/C11H7I2NO3/c1-5-14-9(11(16)17-5)4-6-2-7(12)10(15)8(13)3-6/h2-4,15H,1H3/b9-4+. The quantitative estimate of drug-likeness (QED) is 0.403. The first-order valence-electron chi connectivity index (χ1n) is 4.64. The molecule has 4 nitrogen and oxygen atoms in total. The lowest BCUT2D eigenvalue weighted by Crippen LogP contribution is -1.99. The number of phenols is 1. The monoisotopic (exact) mass is 455 g/mol. The highest BCUT2D eigenvalue weighted by atomic mass is 127. The molecule has 1 N–H and O–H groups in total. The fourth-order valence-corrected chi connectivity index (χ4v) is 3.16. The molecule has 1 aromatic carbocycles. The molecular weight excluding hydrogens is 448 g/mol. The van der Waals surface area contributed by atoms with Gasteiger partial charge in [-0.25, -0.2) is 9.79 Å². The summed E-state index contributed by atoms with van der Waals surface area (Å²) in [5.74, 6) is 0.159. The number of carbonyl (C=O) groups is 1. The number of phenolic OH excluding ortho intramolecular Hbond substituents is 1. The lowest BCUT2D eigenvalue weighted by molar-refractivity contribution is -0.130. The predicted octanol–water partition coefficient (Wildman–Crippen LogP) is 2.92. The molecule has 6 heteroatoms. The molecule has 0 radical (unpaired) electrons. The highest BCUT2D eigenvalue weighted by molar-refractivity contribution is 14.1. The molecule has 0 atom stereocenters. The van der Waals surface area contributed by atoms with Crippen LogP contribution in [0.5, 0.6) is 5.75 Å². The van der Waals surface area contributed by atoms with Gasteiger partial charge >= 0.3 is 5.97 Å². The molecular formula is C11H7I2NO3. The number of hydrogen-bond acceptors (Lipinski definition) is 4. The highest BCUT2D eigenvalue weighted by Crippen LogP contribution is 2.28. The molecule has 17 heavy (non-hydrogen) atoms. The van der Waals surface area contributed by atoms with Gasteiger partial charge in [0.25, 0.3) is 0 Å². The molecule has 1 aliphatic rings. The molecule has 0 aromatic heterocycles. The summed E-state index contributed by atoms with van der Waals surface area (Å²) in [7, 11) is 0. The number of carbonyl (C=O) groups excluding carboxylic acids is 1. The second-order valence-corrected chi connectivity index (χ2v) is 5.71. The highest BCUT2D eigenvalue weighted by Gasteiger charge is 2.19. The Labute approximate surface area is 125 Å². The van der Waals surface area contributed by atoms with Crippen molar-refractivity contribution in [2.45, 2.75) is 6.92 Å².